The van der Waals surface area contributed by atoms with E-state index in [-0.39, 0.29) is 0 Å². The molecule has 2 heteroatoms. The van der Waals surface area contributed by atoms with Gasteiger partial charge in [-0.05, 0) is 5.92 Å². The topological polar surface area (TPSA) is 26.3 Å². The molecule has 37 valence electrons. The maximum atomic E-state index is 9.33. The van der Waals surface area contributed by atoms with Gasteiger partial charge in [-0.3, -0.25) is 4.79 Å². The van der Waals surface area contributed by atoms with Crippen molar-refractivity contribution in [1.82, 2.24) is 0 Å². The molecule has 1 radical (unpaired) electrons. The van der Waals surface area contributed by atoms with E-state index in [1.807, 2.05) is 0 Å². The molecule has 0 amide bonds. The summed E-state index contributed by atoms with van der Waals surface area (Å²) in [5, 5.41) is 0. The molecular weight excluding hydrogens is 92.1 g/mol. The third-order valence-corrected chi connectivity index (χ3v) is 0.356. The van der Waals surface area contributed by atoms with E-state index in [1.54, 1.807) is 0 Å². The minimum Gasteiger partial charge on any atom is -0.372 e. The van der Waals surface area contributed by atoms with Crippen LogP contribution in [0.15, 0.2) is 0 Å². The molecule has 0 heterocycles. The van der Waals surface area contributed by atoms with Crippen molar-refractivity contribution >= 4 is 6.29 Å². The van der Waals surface area contributed by atoms with Crippen molar-refractivity contribution in [3.63, 3.8) is 0 Å². The standard InChI is InChI=1S/C5H5O2/c1-7-5-3-2-4-6/h5H2,1H3. The first kappa shape index (κ1) is 6.19. The van der Waals surface area contributed by atoms with Crippen LogP contribution in [0.2, 0.25) is 0 Å². The Morgan fingerprint density at radius 3 is 2.86 bits per heavy atom. The molecule has 0 fully saturated rings. The Labute approximate surface area is 42.5 Å². The van der Waals surface area contributed by atoms with Gasteiger partial charge in [0.25, 0.3) is 6.29 Å². The predicted octanol–water partition coefficient (Wildman–Crippen LogP) is -0.254. The molecule has 2 nitrogen and oxygen atoms in total. The second-order valence-electron chi connectivity index (χ2n) is 0.837. The summed E-state index contributed by atoms with van der Waals surface area (Å²) in [5.41, 5.74) is 0. The van der Waals surface area contributed by atoms with E-state index in [1.165, 1.54) is 13.4 Å². The highest BCUT2D eigenvalue weighted by molar-refractivity contribution is 5.73. The lowest BCUT2D eigenvalue weighted by Crippen LogP contribution is -1.80. The fraction of sp³-hybridized carbons (Fsp3) is 0.400. The smallest absolute Gasteiger partial charge is 0.284 e. The van der Waals surface area contributed by atoms with Crippen LogP contribution in [0.4, 0.5) is 0 Å². The van der Waals surface area contributed by atoms with Gasteiger partial charge in [-0.2, -0.15) is 0 Å². The van der Waals surface area contributed by atoms with Gasteiger partial charge in [0, 0.05) is 7.11 Å². The van der Waals surface area contributed by atoms with Crippen molar-refractivity contribution < 1.29 is 9.53 Å². The molecule has 0 saturated heterocycles. The molecule has 0 aromatic heterocycles. The summed E-state index contributed by atoms with van der Waals surface area (Å²) >= 11 is 0. The second-order valence-corrected chi connectivity index (χ2v) is 0.837. The summed E-state index contributed by atoms with van der Waals surface area (Å²) in [4.78, 5) is 9.33. The Bertz CT molecular complexity index is 96.4. The Hall–Kier alpha value is -0.810. The van der Waals surface area contributed by atoms with Crippen LogP contribution in [0.5, 0.6) is 0 Å². The summed E-state index contributed by atoms with van der Waals surface area (Å²) in [6, 6.07) is 0. The zero-order chi connectivity index (χ0) is 5.54. The normalized spacial score (nSPS) is 6.43. The number of methoxy groups -OCH3 is 1. The molecule has 0 rings (SSSR count). The van der Waals surface area contributed by atoms with E-state index in [2.05, 4.69) is 16.6 Å². The van der Waals surface area contributed by atoms with Crippen molar-refractivity contribution in [2.75, 3.05) is 13.7 Å². The fourth-order valence-electron chi connectivity index (χ4n) is 0.144. The monoisotopic (exact) mass is 97.0 g/mol. The van der Waals surface area contributed by atoms with Gasteiger partial charge in [0.05, 0.1) is 0 Å². The van der Waals surface area contributed by atoms with E-state index >= 15 is 0 Å². The maximum absolute atomic E-state index is 9.33. The molecule has 0 aromatic rings. The van der Waals surface area contributed by atoms with Gasteiger partial charge in [-0.25, -0.2) is 0 Å². The summed E-state index contributed by atoms with van der Waals surface area (Å²) in [6.45, 7) is 0.301. The van der Waals surface area contributed by atoms with Crippen LogP contribution in [0.25, 0.3) is 0 Å². The predicted molar refractivity (Wildman–Crippen MR) is 25.3 cm³/mol. The van der Waals surface area contributed by atoms with Gasteiger partial charge in [0.15, 0.2) is 0 Å². The van der Waals surface area contributed by atoms with E-state index in [9.17, 15) is 4.79 Å². The first-order valence-electron chi connectivity index (χ1n) is 1.75. The van der Waals surface area contributed by atoms with Crippen molar-refractivity contribution in [1.29, 1.82) is 0 Å². The Morgan fingerprint density at radius 1 is 1.71 bits per heavy atom. The van der Waals surface area contributed by atoms with Crippen molar-refractivity contribution in [3.8, 4) is 11.8 Å². The van der Waals surface area contributed by atoms with Crippen molar-refractivity contribution in [2.45, 2.75) is 0 Å². The van der Waals surface area contributed by atoms with E-state index in [0.717, 1.165) is 0 Å². The van der Waals surface area contributed by atoms with Crippen LogP contribution in [0, 0.1) is 11.8 Å². The SMILES string of the molecule is COCC#C[C]=O. The molecule has 0 aliphatic heterocycles. The van der Waals surface area contributed by atoms with Crippen LogP contribution in [-0.4, -0.2) is 20.0 Å². The number of carbonyl (C=O) groups excluding carboxylic acids is 1. The van der Waals surface area contributed by atoms with E-state index < -0.39 is 0 Å². The average Bonchev–Trinajstić information content (AvgIpc) is 1.69. The lowest BCUT2D eigenvalue weighted by molar-refractivity contribution is 0.240. The highest BCUT2D eigenvalue weighted by Crippen LogP contribution is 1.57. The fourth-order valence-corrected chi connectivity index (χ4v) is 0.144. The summed E-state index contributed by atoms with van der Waals surface area (Å²) in [6.07, 6.45) is 1.41. The molecule has 0 saturated carbocycles. The van der Waals surface area contributed by atoms with Gasteiger partial charge >= 0.3 is 0 Å². The number of rotatable bonds is 1. The van der Waals surface area contributed by atoms with Crippen LogP contribution < -0.4 is 0 Å². The van der Waals surface area contributed by atoms with Crippen LogP contribution in [-0.2, 0) is 9.53 Å². The van der Waals surface area contributed by atoms with Crippen molar-refractivity contribution in [3.05, 3.63) is 0 Å². The maximum Gasteiger partial charge on any atom is 0.284 e. The molecular formula is C5H5O2. The largest absolute Gasteiger partial charge is 0.372 e. The van der Waals surface area contributed by atoms with Gasteiger partial charge in [-0.15, -0.1) is 0 Å². The first-order valence-corrected chi connectivity index (χ1v) is 1.75. The zero-order valence-corrected chi connectivity index (χ0v) is 4.02. The molecule has 0 unspecified atom stereocenters. The highest BCUT2D eigenvalue weighted by Gasteiger charge is 1.64. The summed E-state index contributed by atoms with van der Waals surface area (Å²) in [5.74, 6) is 4.46. The number of hydrogen-bond donors (Lipinski definition) is 0. The highest BCUT2D eigenvalue weighted by atomic mass is 16.5. The van der Waals surface area contributed by atoms with Crippen LogP contribution in [0.1, 0.15) is 0 Å². The molecule has 0 bridgehead atoms. The van der Waals surface area contributed by atoms with Crippen LogP contribution in [0.3, 0.4) is 0 Å². The Balaban J connectivity index is 3.07. The number of ether oxygens (including phenoxy) is 1. The lowest BCUT2D eigenvalue weighted by atomic mass is 10.6. The Kier molecular flexibility index (Phi) is 4.59. The van der Waals surface area contributed by atoms with Crippen LogP contribution >= 0.6 is 0 Å². The molecule has 0 spiro atoms. The molecule has 0 aliphatic rings. The third kappa shape index (κ3) is 5.19. The minimum absolute atomic E-state index is 0.301. The van der Waals surface area contributed by atoms with E-state index in [4.69, 9.17) is 0 Å². The molecule has 7 heavy (non-hydrogen) atoms. The quantitative estimate of drug-likeness (QED) is 0.421. The zero-order valence-electron chi connectivity index (χ0n) is 4.02. The Morgan fingerprint density at radius 2 is 2.43 bits per heavy atom. The van der Waals surface area contributed by atoms with Gasteiger partial charge < -0.3 is 4.74 Å². The van der Waals surface area contributed by atoms with Gasteiger partial charge in [0.2, 0.25) is 0 Å². The van der Waals surface area contributed by atoms with Crippen molar-refractivity contribution in [2.24, 2.45) is 0 Å². The van der Waals surface area contributed by atoms with Gasteiger partial charge in [-0.1, -0.05) is 5.92 Å². The third-order valence-electron chi connectivity index (χ3n) is 0.356. The van der Waals surface area contributed by atoms with E-state index in [0.29, 0.717) is 6.61 Å². The average molecular weight is 97.1 g/mol. The molecule has 0 aliphatic carbocycles. The summed E-state index contributed by atoms with van der Waals surface area (Å²) < 4.78 is 4.49. The molecule has 0 aromatic carbocycles. The molecule has 0 N–H and O–H groups in total. The lowest BCUT2D eigenvalue weighted by Gasteiger charge is -1.77. The van der Waals surface area contributed by atoms with Gasteiger partial charge in [0.1, 0.15) is 6.61 Å². The summed E-state index contributed by atoms with van der Waals surface area (Å²) in [7, 11) is 1.51. The first-order chi connectivity index (χ1) is 3.41. The minimum atomic E-state index is 0.301. The number of hydrogen-bond acceptors (Lipinski definition) is 2. The molecule has 0 atom stereocenters. The second kappa shape index (κ2) is 5.19.